The first-order valence-electron chi connectivity index (χ1n) is 8.46. The van der Waals surface area contributed by atoms with Crippen molar-refractivity contribution in [3.05, 3.63) is 71.9 Å². The maximum Gasteiger partial charge on any atom is 0.199 e. The van der Waals surface area contributed by atoms with Crippen molar-refractivity contribution in [3.8, 4) is 0 Å². The Hall–Kier alpha value is -2.68. The summed E-state index contributed by atoms with van der Waals surface area (Å²) in [7, 11) is -1.88. The third-order valence-corrected chi connectivity index (χ3v) is 6.62. The molecule has 0 atom stereocenters. The fourth-order valence-corrected chi connectivity index (χ4v) is 4.86. The quantitative estimate of drug-likeness (QED) is 0.625. The molecule has 1 aromatic heterocycles. The molecule has 0 aliphatic carbocycles. The first kappa shape index (κ1) is 18.7. The van der Waals surface area contributed by atoms with Gasteiger partial charge in [0, 0.05) is 29.8 Å². The van der Waals surface area contributed by atoms with Crippen LogP contribution in [0, 0.1) is 0 Å². The molecule has 0 spiro atoms. The molecule has 0 N–H and O–H groups in total. The standard InChI is InChI=1S/C20H17N3O3S2/c1-26-14-23-17-13-15(9-12-28(24,25)16-5-3-2-4-6-16)7-8-18(17)27-20-19(23)21-10-11-22-20/h2-13H,14H2,1H3/b12-9+. The van der Waals surface area contributed by atoms with Crippen LogP contribution in [0.1, 0.15) is 5.56 Å². The van der Waals surface area contributed by atoms with Gasteiger partial charge in [-0.1, -0.05) is 36.0 Å². The van der Waals surface area contributed by atoms with Gasteiger partial charge in [0.05, 0.1) is 10.6 Å². The molecule has 8 heteroatoms. The number of sulfone groups is 1. The summed E-state index contributed by atoms with van der Waals surface area (Å²) in [6.07, 6.45) is 4.90. The van der Waals surface area contributed by atoms with E-state index >= 15 is 0 Å². The van der Waals surface area contributed by atoms with Crippen molar-refractivity contribution < 1.29 is 13.2 Å². The number of nitrogens with zero attached hydrogens (tertiary/aromatic N) is 3. The Balaban J connectivity index is 1.69. The van der Waals surface area contributed by atoms with Gasteiger partial charge >= 0.3 is 0 Å². The van der Waals surface area contributed by atoms with E-state index in [9.17, 15) is 8.42 Å². The number of hydrogen-bond acceptors (Lipinski definition) is 7. The lowest BCUT2D eigenvalue weighted by molar-refractivity contribution is 0.205. The maximum atomic E-state index is 12.5. The summed E-state index contributed by atoms with van der Waals surface area (Å²) >= 11 is 1.53. The number of hydrogen-bond donors (Lipinski definition) is 0. The van der Waals surface area contributed by atoms with Gasteiger partial charge < -0.3 is 4.74 Å². The van der Waals surface area contributed by atoms with Crippen LogP contribution in [0.15, 0.2) is 81.1 Å². The number of aromatic nitrogens is 2. The van der Waals surface area contributed by atoms with Crippen molar-refractivity contribution in [1.82, 2.24) is 9.97 Å². The monoisotopic (exact) mass is 411 g/mol. The molecular weight excluding hydrogens is 394 g/mol. The van der Waals surface area contributed by atoms with Crippen molar-refractivity contribution in [2.45, 2.75) is 14.8 Å². The molecule has 0 unspecified atom stereocenters. The van der Waals surface area contributed by atoms with E-state index in [-0.39, 0.29) is 4.90 Å². The minimum absolute atomic E-state index is 0.268. The topological polar surface area (TPSA) is 72.4 Å². The first-order valence-corrected chi connectivity index (χ1v) is 10.8. The second kappa shape index (κ2) is 7.75. The van der Waals surface area contributed by atoms with Crippen LogP contribution in [0.25, 0.3) is 6.08 Å². The second-order valence-corrected chi connectivity index (χ2v) is 8.89. The van der Waals surface area contributed by atoms with E-state index in [2.05, 4.69) is 9.97 Å². The van der Waals surface area contributed by atoms with E-state index in [1.165, 1.54) is 17.2 Å². The van der Waals surface area contributed by atoms with Gasteiger partial charge in [-0.25, -0.2) is 18.4 Å². The van der Waals surface area contributed by atoms with Crippen LogP contribution in [0.5, 0.6) is 0 Å². The number of anilines is 2. The number of benzene rings is 2. The Bertz CT molecular complexity index is 1130. The van der Waals surface area contributed by atoms with Gasteiger partial charge in [-0.15, -0.1) is 0 Å². The lowest BCUT2D eigenvalue weighted by atomic mass is 10.2. The molecular formula is C20H17N3O3S2. The minimum Gasteiger partial charge on any atom is -0.364 e. The normalized spacial score (nSPS) is 13.4. The van der Waals surface area contributed by atoms with Crippen LogP contribution in [-0.2, 0) is 14.6 Å². The number of ether oxygens (including phenoxy) is 1. The summed E-state index contributed by atoms with van der Waals surface area (Å²) in [5.41, 5.74) is 1.67. The van der Waals surface area contributed by atoms with E-state index in [1.807, 2.05) is 23.1 Å². The molecule has 0 fully saturated rings. The van der Waals surface area contributed by atoms with Crippen LogP contribution >= 0.6 is 11.8 Å². The molecule has 0 radical (unpaired) electrons. The summed E-state index contributed by atoms with van der Waals surface area (Å²) in [5, 5.41) is 2.04. The SMILES string of the molecule is COCN1c2cc(/C=C/S(=O)(=O)c3ccccc3)ccc2Sc2nccnc21. The van der Waals surface area contributed by atoms with Crippen molar-refractivity contribution >= 4 is 39.2 Å². The molecule has 142 valence electrons. The number of rotatable bonds is 5. The molecule has 0 saturated carbocycles. The molecule has 0 saturated heterocycles. The summed E-state index contributed by atoms with van der Waals surface area (Å²) < 4.78 is 30.3. The van der Waals surface area contributed by atoms with Gasteiger partial charge in [0.25, 0.3) is 0 Å². The zero-order valence-electron chi connectivity index (χ0n) is 15.0. The van der Waals surface area contributed by atoms with Gasteiger partial charge in [0.2, 0.25) is 0 Å². The van der Waals surface area contributed by atoms with Crippen LogP contribution in [0.3, 0.4) is 0 Å². The van der Waals surface area contributed by atoms with Gasteiger partial charge in [0.1, 0.15) is 11.8 Å². The van der Waals surface area contributed by atoms with Crippen LogP contribution in [0.2, 0.25) is 0 Å². The molecule has 3 aromatic rings. The van der Waals surface area contributed by atoms with E-state index < -0.39 is 9.84 Å². The van der Waals surface area contributed by atoms with Gasteiger partial charge in [-0.2, -0.15) is 0 Å². The average molecular weight is 412 g/mol. The minimum atomic E-state index is -3.50. The van der Waals surface area contributed by atoms with Crippen molar-refractivity contribution in [2.24, 2.45) is 0 Å². The first-order chi connectivity index (χ1) is 13.6. The smallest absolute Gasteiger partial charge is 0.199 e. The highest BCUT2D eigenvalue weighted by Gasteiger charge is 2.25. The molecule has 0 amide bonds. The van der Waals surface area contributed by atoms with Crippen LogP contribution in [-0.4, -0.2) is 32.2 Å². The highest BCUT2D eigenvalue weighted by molar-refractivity contribution is 7.99. The fourth-order valence-electron chi connectivity index (χ4n) is 2.85. The molecule has 6 nitrogen and oxygen atoms in total. The van der Waals surface area contributed by atoms with E-state index in [0.717, 1.165) is 27.0 Å². The molecule has 0 bridgehead atoms. The zero-order chi connectivity index (χ0) is 19.6. The Kier molecular flexibility index (Phi) is 5.17. The summed E-state index contributed by atoms with van der Waals surface area (Å²) in [5.74, 6) is 0.722. The van der Waals surface area contributed by atoms with Gasteiger partial charge in [-0.05, 0) is 35.9 Å². The predicted octanol–water partition coefficient (Wildman–Crippen LogP) is 4.13. The highest BCUT2D eigenvalue weighted by Crippen LogP contribution is 2.46. The van der Waals surface area contributed by atoms with Crippen molar-refractivity contribution in [1.29, 1.82) is 0 Å². The molecule has 2 aromatic carbocycles. The largest absolute Gasteiger partial charge is 0.364 e. The van der Waals surface area contributed by atoms with E-state index in [4.69, 9.17) is 4.74 Å². The number of methoxy groups -OCH3 is 1. The third kappa shape index (κ3) is 3.66. The molecule has 1 aliphatic heterocycles. The zero-order valence-corrected chi connectivity index (χ0v) is 16.7. The third-order valence-electron chi connectivity index (χ3n) is 4.15. The van der Waals surface area contributed by atoms with Crippen molar-refractivity contribution in [2.75, 3.05) is 18.7 Å². The summed E-state index contributed by atoms with van der Waals surface area (Å²) in [6.45, 7) is 0.314. The Labute approximate surface area is 167 Å². The molecule has 4 rings (SSSR count). The van der Waals surface area contributed by atoms with Gasteiger partial charge in [-0.3, -0.25) is 4.90 Å². The van der Waals surface area contributed by atoms with E-state index in [0.29, 0.717) is 6.73 Å². The molecule has 1 aliphatic rings. The lowest BCUT2D eigenvalue weighted by Crippen LogP contribution is -2.24. The summed E-state index contributed by atoms with van der Waals surface area (Å²) in [6, 6.07) is 14.1. The van der Waals surface area contributed by atoms with E-state index in [1.54, 1.807) is 55.9 Å². The fraction of sp³-hybridized carbons (Fsp3) is 0.100. The van der Waals surface area contributed by atoms with Crippen LogP contribution in [0.4, 0.5) is 11.5 Å². The molecule has 28 heavy (non-hydrogen) atoms. The average Bonchev–Trinajstić information content (AvgIpc) is 2.73. The highest BCUT2D eigenvalue weighted by atomic mass is 32.2. The van der Waals surface area contributed by atoms with Crippen LogP contribution < -0.4 is 4.90 Å². The lowest BCUT2D eigenvalue weighted by Gasteiger charge is -2.30. The second-order valence-electron chi connectivity index (χ2n) is 6.02. The molecule has 2 heterocycles. The summed E-state index contributed by atoms with van der Waals surface area (Å²) in [4.78, 5) is 12.0. The number of fused-ring (bicyclic) bond motifs is 2. The van der Waals surface area contributed by atoms with Gasteiger partial charge in [0.15, 0.2) is 15.7 Å². The van der Waals surface area contributed by atoms with Crippen molar-refractivity contribution in [3.63, 3.8) is 0 Å². The Morgan fingerprint density at radius 1 is 1.11 bits per heavy atom. The predicted molar refractivity (Wildman–Crippen MR) is 109 cm³/mol. The Morgan fingerprint density at radius 3 is 2.68 bits per heavy atom. The maximum absolute atomic E-state index is 12.5. The Morgan fingerprint density at radius 2 is 1.89 bits per heavy atom.